The summed E-state index contributed by atoms with van der Waals surface area (Å²) in [6, 6.07) is 0. The number of hydrogen-bond acceptors (Lipinski definition) is 5. The molecule has 5 nitrogen and oxygen atoms in total. The maximum absolute atomic E-state index is 9.31. The molecule has 0 aliphatic rings. The monoisotopic (exact) mass is 322 g/mol. The van der Waals surface area contributed by atoms with Gasteiger partial charge in [-0.15, -0.1) is 0 Å². The van der Waals surface area contributed by atoms with Crippen molar-refractivity contribution in [3.8, 4) is 5.88 Å². The van der Waals surface area contributed by atoms with Crippen molar-refractivity contribution in [2.24, 2.45) is 0 Å². The van der Waals surface area contributed by atoms with E-state index < -0.39 is 0 Å². The number of aromatic hydroxyl groups is 1. The molecule has 2 rings (SSSR count). The molecule has 0 bridgehead atoms. The first-order valence-electron chi connectivity index (χ1n) is 7.23. The van der Waals surface area contributed by atoms with Crippen LogP contribution in [0.15, 0.2) is 12.7 Å². The van der Waals surface area contributed by atoms with Crippen molar-refractivity contribution in [1.82, 2.24) is 19.9 Å². The second kappa shape index (κ2) is 8.03. The van der Waals surface area contributed by atoms with Crippen molar-refractivity contribution in [2.45, 2.75) is 53.4 Å². The van der Waals surface area contributed by atoms with Crippen LogP contribution in [-0.2, 0) is 0 Å². The van der Waals surface area contributed by atoms with Crippen LogP contribution in [0.5, 0.6) is 5.88 Å². The first-order chi connectivity index (χ1) is 10.3. The molecule has 0 fully saturated rings. The van der Waals surface area contributed by atoms with E-state index in [1.807, 2.05) is 27.7 Å². The molecule has 0 atom stereocenters. The van der Waals surface area contributed by atoms with Gasteiger partial charge in [0.2, 0.25) is 5.88 Å². The first-order valence-corrected chi connectivity index (χ1v) is 7.60. The number of hydrogen-bond donors (Lipinski definition) is 1. The van der Waals surface area contributed by atoms with Crippen LogP contribution in [0.2, 0.25) is 5.15 Å². The molecule has 0 spiro atoms. The van der Waals surface area contributed by atoms with E-state index in [0.29, 0.717) is 11.1 Å². The molecule has 0 saturated carbocycles. The summed E-state index contributed by atoms with van der Waals surface area (Å²) in [5.41, 5.74) is 3.72. The van der Waals surface area contributed by atoms with Crippen LogP contribution in [0, 0.1) is 13.8 Å². The SMILES string of the molecule is Cc1ncnc(Cl)c1C(C)C.Cc1ncnc(O)c1C(C)C. The fourth-order valence-corrected chi connectivity index (χ4v) is 2.66. The van der Waals surface area contributed by atoms with Crippen LogP contribution in [0.1, 0.15) is 62.0 Å². The van der Waals surface area contributed by atoms with E-state index >= 15 is 0 Å². The molecule has 2 aromatic heterocycles. The Morgan fingerprint density at radius 3 is 1.59 bits per heavy atom. The lowest BCUT2D eigenvalue weighted by Gasteiger charge is -2.08. The van der Waals surface area contributed by atoms with E-state index in [-0.39, 0.29) is 11.8 Å². The molecular formula is C16H23ClN4O. The lowest BCUT2D eigenvalue weighted by Crippen LogP contribution is -1.97. The summed E-state index contributed by atoms with van der Waals surface area (Å²) in [6.45, 7) is 12.0. The third-order valence-corrected chi connectivity index (χ3v) is 3.55. The maximum atomic E-state index is 9.31. The molecule has 0 saturated heterocycles. The molecular weight excluding hydrogens is 300 g/mol. The summed E-state index contributed by atoms with van der Waals surface area (Å²) in [6.07, 6.45) is 2.86. The summed E-state index contributed by atoms with van der Waals surface area (Å²) < 4.78 is 0. The molecule has 0 unspecified atom stereocenters. The second-order valence-electron chi connectivity index (χ2n) is 5.67. The molecule has 6 heteroatoms. The van der Waals surface area contributed by atoms with Crippen LogP contribution in [0.3, 0.4) is 0 Å². The lowest BCUT2D eigenvalue weighted by molar-refractivity contribution is 0.439. The van der Waals surface area contributed by atoms with Crippen molar-refractivity contribution >= 4 is 11.6 Å². The smallest absolute Gasteiger partial charge is 0.217 e. The molecule has 1 N–H and O–H groups in total. The van der Waals surface area contributed by atoms with Crippen molar-refractivity contribution in [3.63, 3.8) is 0 Å². The first kappa shape index (κ1) is 18.3. The molecule has 0 amide bonds. The zero-order valence-electron chi connectivity index (χ0n) is 13.9. The van der Waals surface area contributed by atoms with E-state index in [0.717, 1.165) is 22.5 Å². The third-order valence-electron chi connectivity index (χ3n) is 3.25. The van der Waals surface area contributed by atoms with Crippen molar-refractivity contribution in [1.29, 1.82) is 0 Å². The highest BCUT2D eigenvalue weighted by Gasteiger charge is 2.10. The number of halogens is 1. The minimum absolute atomic E-state index is 0.104. The topological polar surface area (TPSA) is 71.8 Å². The van der Waals surface area contributed by atoms with Gasteiger partial charge >= 0.3 is 0 Å². The predicted molar refractivity (Wildman–Crippen MR) is 88.4 cm³/mol. The normalized spacial score (nSPS) is 10.6. The van der Waals surface area contributed by atoms with Crippen LogP contribution >= 0.6 is 11.6 Å². The summed E-state index contributed by atoms with van der Waals surface area (Å²) >= 11 is 5.87. The summed E-state index contributed by atoms with van der Waals surface area (Å²) in [5.74, 6) is 0.771. The summed E-state index contributed by atoms with van der Waals surface area (Å²) in [4.78, 5) is 15.7. The highest BCUT2D eigenvalue weighted by molar-refractivity contribution is 6.30. The summed E-state index contributed by atoms with van der Waals surface area (Å²) in [7, 11) is 0. The Bertz CT molecular complexity index is 534. The van der Waals surface area contributed by atoms with Gasteiger partial charge in [-0.1, -0.05) is 39.3 Å². The average Bonchev–Trinajstić information content (AvgIpc) is 2.38. The minimum Gasteiger partial charge on any atom is -0.493 e. The molecule has 0 aliphatic carbocycles. The van der Waals surface area contributed by atoms with Crippen molar-refractivity contribution in [3.05, 3.63) is 40.3 Å². The Morgan fingerprint density at radius 1 is 0.818 bits per heavy atom. The van der Waals surface area contributed by atoms with Gasteiger partial charge in [0.15, 0.2) is 0 Å². The molecule has 2 heterocycles. The largest absolute Gasteiger partial charge is 0.493 e. The van der Waals surface area contributed by atoms with Crippen LogP contribution in [0.4, 0.5) is 0 Å². The van der Waals surface area contributed by atoms with Gasteiger partial charge in [0.05, 0.1) is 0 Å². The fraction of sp³-hybridized carbons (Fsp3) is 0.500. The number of rotatable bonds is 2. The van der Waals surface area contributed by atoms with Gasteiger partial charge < -0.3 is 5.11 Å². The highest BCUT2D eigenvalue weighted by atomic mass is 35.5. The van der Waals surface area contributed by atoms with Crippen molar-refractivity contribution in [2.75, 3.05) is 0 Å². The summed E-state index contributed by atoms with van der Waals surface area (Å²) in [5, 5.41) is 9.89. The van der Waals surface area contributed by atoms with Gasteiger partial charge in [-0.2, -0.15) is 0 Å². The van der Waals surface area contributed by atoms with Gasteiger partial charge in [-0.3, -0.25) is 0 Å². The Balaban J connectivity index is 0.000000220. The Morgan fingerprint density at radius 2 is 1.27 bits per heavy atom. The molecule has 2 aromatic rings. The Hall–Kier alpha value is -1.75. The number of nitrogens with zero attached hydrogens (tertiary/aromatic N) is 4. The van der Waals surface area contributed by atoms with Crippen LogP contribution < -0.4 is 0 Å². The van der Waals surface area contributed by atoms with Crippen LogP contribution in [-0.4, -0.2) is 25.0 Å². The molecule has 0 aromatic carbocycles. The third kappa shape index (κ3) is 4.63. The van der Waals surface area contributed by atoms with Crippen molar-refractivity contribution < 1.29 is 5.11 Å². The van der Waals surface area contributed by atoms with E-state index in [9.17, 15) is 5.11 Å². The van der Waals surface area contributed by atoms with E-state index in [1.54, 1.807) is 0 Å². The van der Waals surface area contributed by atoms with Gasteiger partial charge in [-0.25, -0.2) is 19.9 Å². The fourth-order valence-electron chi connectivity index (χ4n) is 2.26. The van der Waals surface area contributed by atoms with E-state index in [1.165, 1.54) is 12.7 Å². The average molecular weight is 323 g/mol. The van der Waals surface area contributed by atoms with Crippen LogP contribution in [0.25, 0.3) is 0 Å². The maximum Gasteiger partial charge on any atom is 0.217 e. The molecule has 22 heavy (non-hydrogen) atoms. The standard InChI is InChI=1S/C8H11ClN2.C8H12N2O/c1-5(2)7-6(3)10-4-11-8(7)9;1-5(2)7-6(3)9-4-10-8(7)11/h4-5H,1-3H3;4-5H,1-3H3,(H,9,10,11). The van der Waals surface area contributed by atoms with E-state index in [2.05, 4.69) is 33.8 Å². The molecule has 120 valence electrons. The number of aromatic nitrogens is 4. The lowest BCUT2D eigenvalue weighted by atomic mass is 10.0. The predicted octanol–water partition coefficient (Wildman–Crippen LogP) is 4.18. The molecule has 0 aliphatic heterocycles. The zero-order chi connectivity index (χ0) is 16.9. The van der Waals surface area contributed by atoms with Gasteiger partial charge in [0.25, 0.3) is 0 Å². The highest BCUT2D eigenvalue weighted by Crippen LogP contribution is 2.24. The minimum atomic E-state index is 0.104. The van der Waals surface area contributed by atoms with Gasteiger partial charge in [0.1, 0.15) is 17.8 Å². The quantitative estimate of drug-likeness (QED) is 0.840. The van der Waals surface area contributed by atoms with Gasteiger partial charge in [0, 0.05) is 22.5 Å². The second-order valence-corrected chi connectivity index (χ2v) is 6.03. The van der Waals surface area contributed by atoms with Gasteiger partial charge in [-0.05, 0) is 25.7 Å². The number of aryl methyl sites for hydroxylation is 2. The molecule has 0 radical (unpaired) electrons. The van der Waals surface area contributed by atoms with E-state index in [4.69, 9.17) is 11.6 Å². The Labute approximate surface area is 136 Å². The zero-order valence-corrected chi connectivity index (χ0v) is 14.7. The Kier molecular flexibility index (Phi) is 6.68.